The third-order valence-corrected chi connectivity index (χ3v) is 3.82. The third-order valence-electron chi connectivity index (χ3n) is 2.68. The first kappa shape index (κ1) is 13.6. The molecule has 3 rings (SSSR count). The number of benzene rings is 1. The average molecular weight is 314 g/mol. The van der Waals surface area contributed by atoms with E-state index in [0.29, 0.717) is 16.4 Å². The summed E-state index contributed by atoms with van der Waals surface area (Å²) in [5.74, 6) is 0.764. The zero-order valence-corrected chi connectivity index (χ0v) is 12.2. The summed E-state index contributed by atoms with van der Waals surface area (Å²) in [6.07, 6.45) is 1.69. The van der Waals surface area contributed by atoms with Gasteiger partial charge in [0.05, 0.1) is 16.5 Å². The minimum atomic E-state index is 0.252. The molecule has 0 saturated heterocycles. The van der Waals surface area contributed by atoms with Crippen LogP contribution in [0.5, 0.6) is 0 Å². The lowest BCUT2D eigenvalue weighted by atomic mass is 10.1. The van der Waals surface area contributed by atoms with E-state index in [0.717, 1.165) is 10.4 Å². The molecule has 2 heterocycles. The van der Waals surface area contributed by atoms with Crippen molar-refractivity contribution >= 4 is 34.0 Å². The Hall–Kier alpha value is -2.42. The Balaban J connectivity index is 1.89. The fourth-order valence-electron chi connectivity index (χ4n) is 1.73. The van der Waals surface area contributed by atoms with E-state index in [1.807, 2.05) is 23.6 Å². The number of rotatable bonds is 3. The van der Waals surface area contributed by atoms with E-state index < -0.39 is 0 Å². The highest BCUT2D eigenvalue weighted by Crippen LogP contribution is 2.26. The molecule has 2 aromatic heterocycles. The van der Waals surface area contributed by atoms with Crippen LogP contribution in [0.15, 0.2) is 46.3 Å². The lowest BCUT2D eigenvalue weighted by Crippen LogP contribution is -1.80. The molecule has 3 aromatic rings. The molecule has 0 radical (unpaired) electrons. The first-order valence-electron chi connectivity index (χ1n) is 6.01. The standard InChI is InChI=1S/C15H8ClN3OS/c16-12(8-10-3-1-4-11(7-10)9-17)15-18-14(19-20-15)13-5-2-6-21-13/h1-8H. The second-order valence-electron chi connectivity index (χ2n) is 4.13. The van der Waals surface area contributed by atoms with Crippen LogP contribution in [0.25, 0.3) is 21.8 Å². The molecule has 0 unspecified atom stereocenters. The fraction of sp³-hybridized carbons (Fsp3) is 0. The molecule has 0 fully saturated rings. The van der Waals surface area contributed by atoms with Crippen LogP contribution in [0.3, 0.4) is 0 Å². The van der Waals surface area contributed by atoms with Crippen LogP contribution in [-0.2, 0) is 0 Å². The molecule has 6 heteroatoms. The Labute approximate surface area is 129 Å². The third kappa shape index (κ3) is 3.02. The minimum Gasteiger partial charge on any atom is -0.333 e. The van der Waals surface area contributed by atoms with Gasteiger partial charge in [-0.15, -0.1) is 11.3 Å². The highest BCUT2D eigenvalue weighted by molar-refractivity contribution is 7.13. The van der Waals surface area contributed by atoms with Crippen molar-refractivity contribution < 1.29 is 4.52 Å². The van der Waals surface area contributed by atoms with Crippen LogP contribution in [0.1, 0.15) is 17.0 Å². The predicted octanol–water partition coefficient (Wildman–Crippen LogP) is 4.41. The summed E-state index contributed by atoms with van der Waals surface area (Å²) in [4.78, 5) is 5.18. The van der Waals surface area contributed by atoms with Gasteiger partial charge in [-0.3, -0.25) is 0 Å². The molecule has 0 amide bonds. The van der Waals surface area contributed by atoms with Gasteiger partial charge in [-0.1, -0.05) is 35.0 Å². The summed E-state index contributed by atoms with van der Waals surface area (Å²) < 4.78 is 5.16. The Morgan fingerprint density at radius 1 is 1.33 bits per heavy atom. The molecule has 4 nitrogen and oxygen atoms in total. The summed E-state index contributed by atoms with van der Waals surface area (Å²) in [5, 5.41) is 15.1. The van der Waals surface area contributed by atoms with Gasteiger partial charge >= 0.3 is 0 Å². The van der Waals surface area contributed by atoms with Crippen molar-refractivity contribution in [2.45, 2.75) is 0 Å². The SMILES string of the molecule is N#Cc1cccc(C=C(Cl)c2nc(-c3cccs3)no2)c1. The van der Waals surface area contributed by atoms with Gasteiger partial charge in [0.25, 0.3) is 5.89 Å². The first-order chi connectivity index (χ1) is 10.3. The van der Waals surface area contributed by atoms with Crippen molar-refractivity contribution in [3.05, 3.63) is 58.8 Å². The Morgan fingerprint density at radius 2 is 2.24 bits per heavy atom. The van der Waals surface area contributed by atoms with Crippen molar-refractivity contribution in [2.24, 2.45) is 0 Å². The van der Waals surface area contributed by atoms with Crippen LogP contribution < -0.4 is 0 Å². The lowest BCUT2D eigenvalue weighted by Gasteiger charge is -1.95. The number of halogens is 1. The summed E-state index contributed by atoms with van der Waals surface area (Å²) in [5.41, 5.74) is 1.37. The van der Waals surface area contributed by atoms with Crippen LogP contribution >= 0.6 is 22.9 Å². The van der Waals surface area contributed by atoms with E-state index in [1.54, 1.807) is 24.3 Å². The van der Waals surface area contributed by atoms with E-state index in [-0.39, 0.29) is 5.89 Å². The first-order valence-corrected chi connectivity index (χ1v) is 7.27. The maximum atomic E-state index is 8.88. The molecule has 0 aliphatic carbocycles. The number of aromatic nitrogens is 2. The molecular formula is C15H8ClN3OS. The van der Waals surface area contributed by atoms with Gasteiger partial charge in [-0.25, -0.2) is 0 Å². The summed E-state index contributed by atoms with van der Waals surface area (Å²) in [6, 6.07) is 13.0. The second-order valence-corrected chi connectivity index (χ2v) is 5.48. The van der Waals surface area contributed by atoms with E-state index in [2.05, 4.69) is 16.2 Å². The van der Waals surface area contributed by atoms with Gasteiger partial charge in [0.1, 0.15) is 5.03 Å². The average Bonchev–Trinajstić information content (AvgIpc) is 3.18. The zero-order valence-electron chi connectivity index (χ0n) is 10.7. The van der Waals surface area contributed by atoms with Gasteiger partial charge in [-0.2, -0.15) is 10.2 Å². The van der Waals surface area contributed by atoms with E-state index in [4.69, 9.17) is 21.4 Å². The second kappa shape index (κ2) is 5.92. The lowest BCUT2D eigenvalue weighted by molar-refractivity contribution is 0.410. The molecule has 0 saturated carbocycles. The summed E-state index contributed by atoms with van der Waals surface area (Å²) in [7, 11) is 0. The van der Waals surface area contributed by atoms with Crippen molar-refractivity contribution in [1.82, 2.24) is 10.1 Å². The molecule has 0 atom stereocenters. The highest BCUT2D eigenvalue weighted by atomic mass is 35.5. The molecule has 1 aromatic carbocycles. The van der Waals surface area contributed by atoms with Gasteiger partial charge in [0.15, 0.2) is 0 Å². The highest BCUT2D eigenvalue weighted by Gasteiger charge is 2.12. The van der Waals surface area contributed by atoms with Crippen molar-refractivity contribution in [3.63, 3.8) is 0 Å². The molecule has 0 aliphatic rings. The van der Waals surface area contributed by atoms with Gasteiger partial charge < -0.3 is 4.52 Å². The Bertz CT molecular complexity index is 831. The zero-order chi connectivity index (χ0) is 14.7. The summed E-state index contributed by atoms with van der Waals surface area (Å²) in [6.45, 7) is 0. The molecule has 0 aliphatic heterocycles. The molecule has 21 heavy (non-hydrogen) atoms. The van der Waals surface area contributed by atoms with Crippen molar-refractivity contribution in [2.75, 3.05) is 0 Å². The Morgan fingerprint density at radius 3 is 3.00 bits per heavy atom. The number of thiophene rings is 1. The maximum Gasteiger partial charge on any atom is 0.269 e. The Kier molecular flexibility index (Phi) is 3.82. The van der Waals surface area contributed by atoms with Gasteiger partial charge in [0, 0.05) is 0 Å². The van der Waals surface area contributed by atoms with Crippen LogP contribution in [0.2, 0.25) is 0 Å². The normalized spacial score (nSPS) is 11.3. The van der Waals surface area contributed by atoms with Gasteiger partial charge in [-0.05, 0) is 35.2 Å². The largest absolute Gasteiger partial charge is 0.333 e. The van der Waals surface area contributed by atoms with E-state index >= 15 is 0 Å². The maximum absolute atomic E-state index is 8.88. The topological polar surface area (TPSA) is 62.7 Å². The van der Waals surface area contributed by atoms with Crippen LogP contribution in [0, 0.1) is 11.3 Å². The van der Waals surface area contributed by atoms with Crippen molar-refractivity contribution in [3.8, 4) is 16.8 Å². The van der Waals surface area contributed by atoms with Crippen molar-refractivity contribution in [1.29, 1.82) is 5.26 Å². The number of nitrogens with zero attached hydrogens (tertiary/aromatic N) is 3. The number of hydrogen-bond donors (Lipinski definition) is 0. The predicted molar refractivity (Wildman–Crippen MR) is 82.5 cm³/mol. The fourth-order valence-corrected chi connectivity index (χ4v) is 2.58. The van der Waals surface area contributed by atoms with E-state index in [9.17, 15) is 0 Å². The van der Waals surface area contributed by atoms with E-state index in [1.165, 1.54) is 11.3 Å². The number of nitriles is 1. The number of hydrogen-bond acceptors (Lipinski definition) is 5. The molecule has 0 bridgehead atoms. The van der Waals surface area contributed by atoms with Crippen LogP contribution in [0.4, 0.5) is 0 Å². The smallest absolute Gasteiger partial charge is 0.269 e. The molecule has 102 valence electrons. The quantitative estimate of drug-likeness (QED) is 0.718. The molecule has 0 spiro atoms. The molecular weight excluding hydrogens is 306 g/mol. The molecule has 0 N–H and O–H groups in total. The monoisotopic (exact) mass is 313 g/mol. The van der Waals surface area contributed by atoms with Gasteiger partial charge in [0.2, 0.25) is 5.82 Å². The minimum absolute atomic E-state index is 0.252. The summed E-state index contributed by atoms with van der Waals surface area (Å²) >= 11 is 7.72. The van der Waals surface area contributed by atoms with Crippen LogP contribution in [-0.4, -0.2) is 10.1 Å².